The molecule has 0 N–H and O–H groups in total. The van der Waals surface area contributed by atoms with Crippen LogP contribution in [0.15, 0.2) is 33.8 Å². The van der Waals surface area contributed by atoms with E-state index in [1.807, 2.05) is 19.9 Å². The third kappa shape index (κ3) is 2.71. The van der Waals surface area contributed by atoms with E-state index in [0.29, 0.717) is 11.0 Å². The molecule has 0 saturated carbocycles. The summed E-state index contributed by atoms with van der Waals surface area (Å²) < 4.78 is 7.54. The van der Waals surface area contributed by atoms with Crippen LogP contribution in [-0.2, 0) is 6.54 Å². The second kappa shape index (κ2) is 5.57. The van der Waals surface area contributed by atoms with Crippen LogP contribution in [0.3, 0.4) is 0 Å². The van der Waals surface area contributed by atoms with E-state index in [2.05, 4.69) is 20.9 Å². The zero-order valence-electron chi connectivity index (χ0n) is 11.1. The molecule has 0 unspecified atom stereocenters. The molecule has 19 heavy (non-hydrogen) atoms. The molecule has 0 bridgehead atoms. The Labute approximate surface area is 120 Å². The first-order valence-corrected chi connectivity index (χ1v) is 6.68. The average molecular weight is 323 g/mol. The Balaban J connectivity index is 2.45. The molecule has 4 nitrogen and oxygen atoms in total. The van der Waals surface area contributed by atoms with Gasteiger partial charge in [0, 0.05) is 23.5 Å². The number of nitrogens with zero attached hydrogens (tertiary/aromatic N) is 2. The van der Waals surface area contributed by atoms with Crippen LogP contribution in [0.2, 0.25) is 0 Å². The maximum atomic E-state index is 12.0. The highest BCUT2D eigenvalue weighted by Crippen LogP contribution is 2.24. The molecule has 0 atom stereocenters. The lowest BCUT2D eigenvalue weighted by molar-refractivity contribution is 0.406. The van der Waals surface area contributed by atoms with Gasteiger partial charge < -0.3 is 9.30 Å². The largest absolute Gasteiger partial charge is 0.496 e. The number of hydrogen-bond acceptors (Lipinski definition) is 3. The Morgan fingerprint density at radius 2 is 2.16 bits per heavy atom. The van der Waals surface area contributed by atoms with Gasteiger partial charge in [0.05, 0.1) is 23.8 Å². The van der Waals surface area contributed by atoms with Gasteiger partial charge in [0.2, 0.25) is 0 Å². The van der Waals surface area contributed by atoms with Crippen LogP contribution >= 0.6 is 15.9 Å². The first-order chi connectivity index (χ1) is 9.04. The summed E-state index contributed by atoms with van der Waals surface area (Å²) in [6.45, 7) is 4.34. The Morgan fingerprint density at radius 1 is 1.42 bits per heavy atom. The van der Waals surface area contributed by atoms with Gasteiger partial charge >= 0.3 is 0 Å². The molecule has 2 rings (SSSR count). The minimum atomic E-state index is -0.0664. The van der Waals surface area contributed by atoms with E-state index in [-0.39, 0.29) is 5.56 Å². The van der Waals surface area contributed by atoms with Gasteiger partial charge in [-0.1, -0.05) is 0 Å². The number of halogens is 1. The van der Waals surface area contributed by atoms with Crippen molar-refractivity contribution in [2.45, 2.75) is 20.4 Å². The summed E-state index contributed by atoms with van der Waals surface area (Å²) in [5.74, 6) is 0.827. The fourth-order valence-corrected chi connectivity index (χ4v) is 2.40. The minimum Gasteiger partial charge on any atom is -0.496 e. The SMILES string of the molecule is COc1c(C)cnc(Cn2cccc(Br)c2=O)c1C. The second-order valence-electron chi connectivity index (χ2n) is 4.34. The Hall–Kier alpha value is -1.62. The maximum Gasteiger partial charge on any atom is 0.265 e. The molecule has 0 aromatic carbocycles. The van der Waals surface area contributed by atoms with Crippen molar-refractivity contribution in [3.05, 3.63) is 56.2 Å². The van der Waals surface area contributed by atoms with Gasteiger partial charge in [-0.2, -0.15) is 0 Å². The second-order valence-corrected chi connectivity index (χ2v) is 5.19. The van der Waals surface area contributed by atoms with Gasteiger partial charge in [-0.25, -0.2) is 0 Å². The van der Waals surface area contributed by atoms with E-state index in [4.69, 9.17) is 4.74 Å². The normalized spacial score (nSPS) is 10.5. The van der Waals surface area contributed by atoms with E-state index >= 15 is 0 Å². The molecule has 0 aliphatic rings. The molecule has 0 aliphatic carbocycles. The van der Waals surface area contributed by atoms with Crippen molar-refractivity contribution in [3.8, 4) is 5.75 Å². The molecule has 0 fully saturated rings. The molecule has 0 amide bonds. The molecule has 100 valence electrons. The van der Waals surface area contributed by atoms with Crippen LogP contribution in [0, 0.1) is 13.8 Å². The molecular formula is C14H15BrN2O2. The lowest BCUT2D eigenvalue weighted by atomic mass is 10.1. The van der Waals surface area contributed by atoms with E-state index in [1.165, 1.54) is 0 Å². The molecule has 2 aromatic rings. The summed E-state index contributed by atoms with van der Waals surface area (Å²) in [6.07, 6.45) is 3.52. The number of pyridine rings is 2. The van der Waals surface area contributed by atoms with Crippen molar-refractivity contribution in [2.24, 2.45) is 0 Å². The first-order valence-electron chi connectivity index (χ1n) is 5.88. The van der Waals surface area contributed by atoms with Crippen molar-refractivity contribution >= 4 is 15.9 Å². The number of aryl methyl sites for hydroxylation is 1. The third-order valence-electron chi connectivity index (χ3n) is 3.04. The van der Waals surface area contributed by atoms with Gasteiger partial charge in [-0.15, -0.1) is 0 Å². The summed E-state index contributed by atoms with van der Waals surface area (Å²) in [6, 6.07) is 3.56. The van der Waals surface area contributed by atoms with E-state index < -0.39 is 0 Å². The monoisotopic (exact) mass is 322 g/mol. The van der Waals surface area contributed by atoms with Crippen molar-refractivity contribution in [1.82, 2.24) is 9.55 Å². The zero-order valence-corrected chi connectivity index (χ0v) is 12.7. The minimum absolute atomic E-state index is 0.0664. The molecule has 5 heteroatoms. The van der Waals surface area contributed by atoms with Crippen molar-refractivity contribution in [1.29, 1.82) is 0 Å². The predicted molar refractivity (Wildman–Crippen MR) is 77.8 cm³/mol. The van der Waals surface area contributed by atoms with Gasteiger partial charge in [0.15, 0.2) is 0 Å². The summed E-state index contributed by atoms with van der Waals surface area (Å²) in [7, 11) is 1.64. The molecule has 0 saturated heterocycles. The number of ether oxygens (including phenoxy) is 1. The summed E-state index contributed by atoms with van der Waals surface area (Å²) >= 11 is 3.24. The van der Waals surface area contributed by atoms with E-state index in [0.717, 1.165) is 22.6 Å². The summed E-state index contributed by atoms with van der Waals surface area (Å²) in [4.78, 5) is 16.4. The fraction of sp³-hybridized carbons (Fsp3) is 0.286. The van der Waals surface area contributed by atoms with Gasteiger partial charge in [0.1, 0.15) is 5.75 Å². The van der Waals surface area contributed by atoms with Crippen LogP contribution < -0.4 is 10.3 Å². The van der Waals surface area contributed by atoms with Crippen molar-refractivity contribution < 1.29 is 4.74 Å². The standard InChI is InChI=1S/C14H15BrN2O2/c1-9-7-16-12(10(2)13(9)19-3)8-17-6-4-5-11(15)14(17)18/h4-7H,8H2,1-3H3. The maximum absolute atomic E-state index is 12.0. The highest BCUT2D eigenvalue weighted by atomic mass is 79.9. The summed E-state index contributed by atoms with van der Waals surface area (Å²) in [5.41, 5.74) is 2.73. The molecule has 2 aromatic heterocycles. The number of hydrogen-bond donors (Lipinski definition) is 0. The Kier molecular flexibility index (Phi) is 4.04. The average Bonchev–Trinajstić information content (AvgIpc) is 2.39. The molecule has 0 aliphatic heterocycles. The van der Waals surface area contributed by atoms with Crippen LogP contribution in [0.1, 0.15) is 16.8 Å². The topological polar surface area (TPSA) is 44.1 Å². The zero-order chi connectivity index (χ0) is 14.0. The fourth-order valence-electron chi connectivity index (χ4n) is 2.02. The number of aromatic nitrogens is 2. The van der Waals surface area contributed by atoms with Crippen LogP contribution in [0.5, 0.6) is 5.75 Å². The first kappa shape index (κ1) is 13.8. The van der Waals surface area contributed by atoms with Gasteiger partial charge in [0.25, 0.3) is 5.56 Å². The number of methoxy groups -OCH3 is 1. The highest BCUT2D eigenvalue weighted by molar-refractivity contribution is 9.10. The van der Waals surface area contributed by atoms with Crippen LogP contribution in [0.4, 0.5) is 0 Å². The molecular weight excluding hydrogens is 308 g/mol. The van der Waals surface area contributed by atoms with Crippen molar-refractivity contribution in [2.75, 3.05) is 7.11 Å². The smallest absolute Gasteiger partial charge is 0.265 e. The van der Waals surface area contributed by atoms with Gasteiger partial charge in [-0.3, -0.25) is 9.78 Å². The Bertz CT molecular complexity index is 665. The highest BCUT2D eigenvalue weighted by Gasteiger charge is 2.10. The van der Waals surface area contributed by atoms with E-state index in [9.17, 15) is 4.79 Å². The molecule has 0 radical (unpaired) electrons. The quantitative estimate of drug-likeness (QED) is 0.872. The van der Waals surface area contributed by atoms with E-state index in [1.54, 1.807) is 30.1 Å². The van der Waals surface area contributed by atoms with Crippen molar-refractivity contribution in [3.63, 3.8) is 0 Å². The molecule has 2 heterocycles. The third-order valence-corrected chi connectivity index (χ3v) is 3.65. The lowest BCUT2D eigenvalue weighted by Gasteiger charge is -2.13. The predicted octanol–water partition coefficient (Wildman–Crippen LogP) is 2.68. The molecule has 0 spiro atoms. The summed E-state index contributed by atoms with van der Waals surface area (Å²) in [5, 5.41) is 0. The number of rotatable bonds is 3. The van der Waals surface area contributed by atoms with Crippen LogP contribution in [-0.4, -0.2) is 16.7 Å². The Morgan fingerprint density at radius 3 is 2.84 bits per heavy atom. The van der Waals surface area contributed by atoms with Crippen LogP contribution in [0.25, 0.3) is 0 Å². The van der Waals surface area contributed by atoms with Gasteiger partial charge in [-0.05, 0) is 41.9 Å². The lowest BCUT2D eigenvalue weighted by Crippen LogP contribution is -2.21.